The summed E-state index contributed by atoms with van der Waals surface area (Å²) in [5.41, 5.74) is 7.30. The van der Waals surface area contributed by atoms with E-state index in [1.54, 1.807) is 6.07 Å². The highest BCUT2D eigenvalue weighted by Gasteiger charge is 2.37. The Morgan fingerprint density at radius 3 is 2.25 bits per heavy atom. The summed E-state index contributed by atoms with van der Waals surface area (Å²) in [7, 11) is 1.39. The van der Waals surface area contributed by atoms with Gasteiger partial charge in [-0.15, -0.1) is 0 Å². The summed E-state index contributed by atoms with van der Waals surface area (Å²) in [4.78, 5) is 28.3. The zero-order valence-corrected chi connectivity index (χ0v) is 23.5. The first-order valence-electron chi connectivity index (χ1n) is 14.1. The molecule has 4 aromatic rings. The minimum atomic E-state index is -0.362. The van der Waals surface area contributed by atoms with E-state index in [0.717, 1.165) is 36.0 Å². The second-order valence-corrected chi connectivity index (χ2v) is 11.0. The fraction of sp³-hybridized carbons (Fsp3) is 0.278. The van der Waals surface area contributed by atoms with Crippen LogP contribution in [0.15, 0.2) is 103 Å². The van der Waals surface area contributed by atoms with Crippen LogP contribution in [0, 0.1) is 5.92 Å². The summed E-state index contributed by atoms with van der Waals surface area (Å²) in [5, 5.41) is 0. The predicted molar refractivity (Wildman–Crippen MR) is 160 cm³/mol. The molecule has 204 valence electrons. The third-order valence-electron chi connectivity index (χ3n) is 7.99. The van der Waals surface area contributed by atoms with Crippen LogP contribution < -0.4 is 0 Å². The molecule has 0 N–H and O–H groups in total. The Morgan fingerprint density at radius 1 is 0.825 bits per heavy atom. The molecule has 0 unspecified atom stereocenters. The van der Waals surface area contributed by atoms with Gasteiger partial charge in [0.05, 0.1) is 25.1 Å². The lowest BCUT2D eigenvalue weighted by Gasteiger charge is -2.43. The van der Waals surface area contributed by atoms with Crippen LogP contribution in [-0.2, 0) is 28.8 Å². The molecular formula is C36H37NO3. The lowest BCUT2D eigenvalue weighted by molar-refractivity contribution is -0.136. The molecule has 1 aliphatic rings. The molecule has 40 heavy (non-hydrogen) atoms. The molecule has 0 radical (unpaired) electrons. The van der Waals surface area contributed by atoms with E-state index >= 15 is 0 Å². The van der Waals surface area contributed by atoms with Gasteiger partial charge in [-0.05, 0) is 84.5 Å². The molecule has 1 amide bonds. The first-order valence-corrected chi connectivity index (χ1v) is 14.1. The fourth-order valence-corrected chi connectivity index (χ4v) is 6.15. The number of esters is 1. The van der Waals surface area contributed by atoms with Crippen LogP contribution in [0.3, 0.4) is 0 Å². The van der Waals surface area contributed by atoms with Crippen molar-refractivity contribution in [3.63, 3.8) is 0 Å². The standard InChI is InChI=1S/C36H37NO3/c1-25(2)37(35-31(21-26-11-5-4-6-12-26)20-19-28-14-7-8-18-33(28)35)34(38)23-27-13-9-15-29(22-27)30-16-10-17-32(24-30)36(39)40-3/h4-18,22,24-25,31,35H,19-21,23H2,1-3H3/t31-,35-/m0/s1. The number of fused-ring (bicyclic) bond motifs is 1. The second-order valence-electron chi connectivity index (χ2n) is 11.0. The van der Waals surface area contributed by atoms with E-state index in [4.69, 9.17) is 4.74 Å². The van der Waals surface area contributed by atoms with Gasteiger partial charge in [-0.3, -0.25) is 4.79 Å². The number of carbonyl (C=O) groups is 2. The molecule has 0 spiro atoms. The minimum Gasteiger partial charge on any atom is -0.465 e. The fourth-order valence-electron chi connectivity index (χ4n) is 6.15. The zero-order chi connectivity index (χ0) is 28.1. The van der Waals surface area contributed by atoms with E-state index in [-0.39, 0.29) is 24.0 Å². The molecule has 0 saturated heterocycles. The molecule has 4 nitrogen and oxygen atoms in total. The average Bonchev–Trinajstić information content (AvgIpc) is 2.98. The van der Waals surface area contributed by atoms with Crippen molar-refractivity contribution in [2.45, 2.75) is 51.6 Å². The molecule has 4 heteroatoms. The maximum Gasteiger partial charge on any atom is 0.337 e. The number of amides is 1. The first kappa shape index (κ1) is 27.4. The van der Waals surface area contributed by atoms with Crippen molar-refractivity contribution >= 4 is 11.9 Å². The Labute approximate surface area is 237 Å². The number of hydrogen-bond acceptors (Lipinski definition) is 3. The number of aryl methyl sites for hydroxylation is 1. The first-order chi connectivity index (χ1) is 19.4. The zero-order valence-electron chi connectivity index (χ0n) is 23.5. The van der Waals surface area contributed by atoms with Crippen molar-refractivity contribution in [2.75, 3.05) is 7.11 Å². The predicted octanol–water partition coefficient (Wildman–Crippen LogP) is 7.47. The summed E-state index contributed by atoms with van der Waals surface area (Å²) in [6.45, 7) is 4.26. The molecule has 2 atom stereocenters. The SMILES string of the molecule is COC(=O)c1cccc(-c2cccc(CC(=O)N(C(C)C)[C@@H]3c4ccccc4CC[C@H]3Cc3ccccc3)c2)c1. The summed E-state index contributed by atoms with van der Waals surface area (Å²) >= 11 is 0. The quantitative estimate of drug-likeness (QED) is 0.222. The van der Waals surface area contributed by atoms with Crippen LogP contribution in [0.4, 0.5) is 0 Å². The van der Waals surface area contributed by atoms with E-state index in [0.29, 0.717) is 17.9 Å². The highest BCUT2D eigenvalue weighted by molar-refractivity contribution is 5.91. The Morgan fingerprint density at radius 2 is 1.50 bits per heavy atom. The Kier molecular flexibility index (Phi) is 8.45. The lowest BCUT2D eigenvalue weighted by Crippen LogP contribution is -2.45. The third kappa shape index (κ3) is 6.02. The topological polar surface area (TPSA) is 46.6 Å². The molecule has 0 aliphatic heterocycles. The molecule has 0 saturated carbocycles. The van der Waals surface area contributed by atoms with Crippen LogP contribution in [0.25, 0.3) is 11.1 Å². The molecule has 5 rings (SSSR count). The average molecular weight is 532 g/mol. The summed E-state index contributed by atoms with van der Waals surface area (Å²) < 4.78 is 4.89. The van der Waals surface area contributed by atoms with E-state index in [1.165, 1.54) is 23.8 Å². The monoisotopic (exact) mass is 531 g/mol. The van der Waals surface area contributed by atoms with Crippen molar-refractivity contribution < 1.29 is 14.3 Å². The van der Waals surface area contributed by atoms with Crippen molar-refractivity contribution in [3.05, 3.63) is 131 Å². The van der Waals surface area contributed by atoms with Crippen LogP contribution in [0.2, 0.25) is 0 Å². The van der Waals surface area contributed by atoms with Gasteiger partial charge in [0, 0.05) is 6.04 Å². The molecule has 0 bridgehead atoms. The Bertz CT molecular complexity index is 1480. The maximum atomic E-state index is 14.2. The summed E-state index contributed by atoms with van der Waals surface area (Å²) in [6, 6.07) is 34.8. The van der Waals surface area contributed by atoms with Gasteiger partial charge in [-0.25, -0.2) is 4.79 Å². The molecule has 1 aliphatic carbocycles. The highest BCUT2D eigenvalue weighted by Crippen LogP contribution is 2.41. The van der Waals surface area contributed by atoms with Crippen molar-refractivity contribution in [1.82, 2.24) is 4.90 Å². The largest absolute Gasteiger partial charge is 0.465 e. The molecule has 0 aromatic heterocycles. The summed E-state index contributed by atoms with van der Waals surface area (Å²) in [5.74, 6) is 0.116. The van der Waals surface area contributed by atoms with E-state index in [1.807, 2.05) is 36.4 Å². The van der Waals surface area contributed by atoms with Gasteiger partial charge >= 0.3 is 5.97 Å². The van der Waals surface area contributed by atoms with Crippen LogP contribution in [-0.4, -0.2) is 29.9 Å². The van der Waals surface area contributed by atoms with Gasteiger partial charge in [0.15, 0.2) is 0 Å². The smallest absolute Gasteiger partial charge is 0.337 e. The molecule has 0 heterocycles. The van der Waals surface area contributed by atoms with Crippen LogP contribution >= 0.6 is 0 Å². The van der Waals surface area contributed by atoms with Gasteiger partial charge in [-0.1, -0.05) is 91.0 Å². The van der Waals surface area contributed by atoms with Gasteiger partial charge in [0.1, 0.15) is 0 Å². The van der Waals surface area contributed by atoms with Gasteiger partial charge < -0.3 is 9.64 Å². The van der Waals surface area contributed by atoms with Crippen molar-refractivity contribution in [2.24, 2.45) is 5.92 Å². The normalized spacial score (nSPS) is 16.3. The summed E-state index contributed by atoms with van der Waals surface area (Å²) in [6.07, 6.45) is 3.36. The maximum absolute atomic E-state index is 14.2. The van der Waals surface area contributed by atoms with E-state index in [2.05, 4.69) is 79.4 Å². The number of rotatable bonds is 8. The van der Waals surface area contributed by atoms with Crippen LogP contribution in [0.1, 0.15) is 58.9 Å². The van der Waals surface area contributed by atoms with Crippen molar-refractivity contribution in [1.29, 1.82) is 0 Å². The number of hydrogen-bond donors (Lipinski definition) is 0. The minimum absolute atomic E-state index is 0.0255. The number of carbonyl (C=O) groups excluding carboxylic acids is 2. The van der Waals surface area contributed by atoms with Gasteiger partial charge in [-0.2, -0.15) is 0 Å². The van der Waals surface area contributed by atoms with Gasteiger partial charge in [0.25, 0.3) is 0 Å². The number of benzene rings is 4. The number of nitrogens with zero attached hydrogens (tertiary/aromatic N) is 1. The highest BCUT2D eigenvalue weighted by atomic mass is 16.5. The Balaban J connectivity index is 1.44. The lowest BCUT2D eigenvalue weighted by atomic mass is 9.75. The van der Waals surface area contributed by atoms with Gasteiger partial charge in [0.2, 0.25) is 5.91 Å². The van der Waals surface area contributed by atoms with Crippen LogP contribution in [0.5, 0.6) is 0 Å². The molecular weight excluding hydrogens is 494 g/mol. The second kappa shape index (κ2) is 12.3. The van der Waals surface area contributed by atoms with E-state index < -0.39 is 0 Å². The number of ether oxygens (including phenoxy) is 1. The van der Waals surface area contributed by atoms with E-state index in [9.17, 15) is 9.59 Å². The molecule has 4 aromatic carbocycles. The van der Waals surface area contributed by atoms with Crippen molar-refractivity contribution in [3.8, 4) is 11.1 Å². The third-order valence-corrected chi connectivity index (χ3v) is 7.99. The Hall–Kier alpha value is -4.18. The molecule has 0 fully saturated rings. The number of methoxy groups -OCH3 is 1.